The Kier molecular flexibility index (Phi) is 17.0. The predicted octanol–water partition coefficient (Wildman–Crippen LogP) is 14.0. The van der Waals surface area contributed by atoms with Crippen molar-refractivity contribution in [1.29, 1.82) is 0 Å². The summed E-state index contributed by atoms with van der Waals surface area (Å²) in [5.74, 6) is 0.437. The van der Waals surface area contributed by atoms with Crippen LogP contribution in [0.25, 0.3) is 54.8 Å². The number of hydrogen-bond donors (Lipinski definition) is 0. The molecule has 13 nitrogen and oxygen atoms in total. The van der Waals surface area contributed by atoms with Crippen LogP contribution in [-0.4, -0.2) is 33.7 Å². The molecule has 11 rings (SSSR count). The summed E-state index contributed by atoms with van der Waals surface area (Å²) < 4.78 is 138. The van der Waals surface area contributed by atoms with E-state index in [0.717, 1.165) is 71.2 Å². The Hall–Kier alpha value is -6.78. The fourth-order valence-electron chi connectivity index (χ4n) is 7.47. The number of aryl methyl sites for hydroxylation is 3. The lowest BCUT2D eigenvalue weighted by molar-refractivity contribution is 0.417. The maximum absolute atomic E-state index is 13.1. The van der Waals surface area contributed by atoms with Gasteiger partial charge in [0.15, 0.2) is 11.3 Å². The highest BCUT2D eigenvalue weighted by molar-refractivity contribution is 9.10. The number of rotatable bonds is 2. The maximum Gasteiger partial charge on any atom is 0.488 e. The number of fused-ring (bicyclic) bond motifs is 9. The average molecular weight is 1160 g/mol. The Balaban J connectivity index is 0.000000148. The Morgan fingerprint density at radius 3 is 1.54 bits per heavy atom. The van der Waals surface area contributed by atoms with Gasteiger partial charge >= 0.3 is 31.7 Å². The van der Waals surface area contributed by atoms with Gasteiger partial charge in [0.25, 0.3) is 0 Å². The molecule has 1 aliphatic heterocycles. The van der Waals surface area contributed by atoms with Crippen LogP contribution in [-0.2, 0) is 37.1 Å². The van der Waals surface area contributed by atoms with Crippen LogP contribution in [0.1, 0.15) is 41.7 Å². The molecular weight excluding hydrogens is 1120 g/mol. The molecule has 0 spiro atoms. The largest absolute Gasteiger partial charge is 0.488 e. The van der Waals surface area contributed by atoms with Gasteiger partial charge in [-0.1, -0.05) is 90.5 Å². The lowest BCUT2D eigenvalue weighted by Crippen LogP contribution is -2.24. The highest BCUT2D eigenvalue weighted by atomic mass is 79.9. The second-order valence-corrected chi connectivity index (χ2v) is 19.6. The van der Waals surface area contributed by atoms with E-state index in [2.05, 4.69) is 106 Å². The first-order valence-electron chi connectivity index (χ1n) is 20.5. The second kappa shape index (κ2) is 22.5. The third kappa shape index (κ3) is 14.0. The van der Waals surface area contributed by atoms with Crippen LogP contribution in [0, 0.1) is 32.4 Å². The monoisotopic (exact) mass is 1160 g/mol. The molecule has 0 bridgehead atoms. The molecule has 21 heteroatoms. The molecule has 0 radical (unpaired) electrons. The maximum atomic E-state index is 13.1. The molecule has 0 fully saturated rings. The van der Waals surface area contributed by atoms with E-state index in [1.165, 1.54) is 57.5 Å². The van der Waals surface area contributed by atoms with Gasteiger partial charge in [-0.2, -0.15) is 8.42 Å². The Morgan fingerprint density at radius 2 is 0.972 bits per heavy atom. The molecule has 3 aromatic heterocycles. The summed E-state index contributed by atoms with van der Waals surface area (Å²) in [4.78, 5) is 0. The minimum absolute atomic E-state index is 0.0291. The van der Waals surface area contributed by atoms with Gasteiger partial charge in [-0.25, -0.2) is 8.78 Å². The van der Waals surface area contributed by atoms with Gasteiger partial charge in [-0.15, -0.1) is 25.3 Å². The van der Waals surface area contributed by atoms with Crippen LogP contribution in [0.2, 0.25) is 0 Å². The van der Waals surface area contributed by atoms with Gasteiger partial charge in [0, 0.05) is 58.5 Å². The molecule has 0 N–H and O–H groups in total. The first-order valence-corrected chi connectivity index (χ1v) is 25.4. The van der Waals surface area contributed by atoms with Crippen LogP contribution < -0.4 is 8.92 Å². The average Bonchev–Trinajstić information content (AvgIpc) is 3.99. The first kappa shape index (κ1) is 53.6. The minimum atomic E-state index is -5.19. The van der Waals surface area contributed by atoms with Crippen molar-refractivity contribution < 1.29 is 68.5 Å². The van der Waals surface area contributed by atoms with E-state index in [-0.39, 0.29) is 22.2 Å². The van der Waals surface area contributed by atoms with Gasteiger partial charge in [-0.3, -0.25) is 0 Å². The number of furan rings is 3. The fourth-order valence-corrected chi connectivity index (χ4v) is 8.54. The predicted molar refractivity (Wildman–Crippen MR) is 268 cm³/mol. The number of halogens is 5. The van der Waals surface area contributed by atoms with Crippen LogP contribution in [0.15, 0.2) is 156 Å². The van der Waals surface area contributed by atoms with E-state index >= 15 is 0 Å². The summed E-state index contributed by atoms with van der Waals surface area (Å²) in [6.45, 7) is 10.7. The molecular formula is C50H37Br2F3O13S3. The summed E-state index contributed by atoms with van der Waals surface area (Å²) in [6.07, 6.45) is 1.21. The summed E-state index contributed by atoms with van der Waals surface area (Å²) in [6, 6.07) is 38.7. The minimum Gasteiger partial charge on any atom is -0.460 e. The molecule has 368 valence electrons. The number of benzene rings is 7. The molecule has 0 amide bonds. The van der Waals surface area contributed by atoms with Crippen molar-refractivity contribution in [1.82, 2.24) is 0 Å². The fraction of sp³-hybridized carbons (Fsp3) is 0.120. The van der Waals surface area contributed by atoms with Crippen molar-refractivity contribution in [2.24, 2.45) is 0 Å². The number of ether oxygens (including phenoxy) is 1. The van der Waals surface area contributed by atoms with Crippen LogP contribution in [0.5, 0.6) is 17.2 Å². The van der Waals surface area contributed by atoms with E-state index < -0.39 is 43.3 Å². The molecule has 0 unspecified atom stereocenters. The summed E-state index contributed by atoms with van der Waals surface area (Å²) in [5, 5.41) is 4.46. The Bertz CT molecular complexity index is 3640. The quantitative estimate of drug-likeness (QED) is 0.149. The second-order valence-electron chi connectivity index (χ2n) is 16.0. The van der Waals surface area contributed by atoms with E-state index in [4.69, 9.17) is 43.2 Å². The standard InChI is InChI=1S/C16H15BrO.C13H9BrO.C13H9FO.C8H4F2O4S.2O3S/c1-10-4-6-14-12(8-10)16(2,3)13-9-11(17)5-7-15(13)18-14;2*1-8-2-4-12-10(6-8)11-7-9(14)3-5-13(11)15-12;9-6-3-5-1-2-13-8(5)7(4-6)14-15(10,11)12;2*1-4(2)3/h4-9H,1-3H3;2*2-7H,1H3;1-4H;;. The molecule has 7 aromatic carbocycles. The van der Waals surface area contributed by atoms with E-state index in [9.17, 15) is 21.1 Å². The zero-order chi connectivity index (χ0) is 51.9. The van der Waals surface area contributed by atoms with Gasteiger partial charge < -0.3 is 22.2 Å². The molecule has 0 aliphatic carbocycles. The van der Waals surface area contributed by atoms with E-state index in [1.54, 1.807) is 6.07 Å². The third-order valence-electron chi connectivity index (χ3n) is 10.5. The van der Waals surface area contributed by atoms with Crippen LogP contribution in [0.4, 0.5) is 12.7 Å². The Morgan fingerprint density at radius 1 is 0.535 bits per heavy atom. The molecule has 0 saturated carbocycles. The van der Waals surface area contributed by atoms with Gasteiger partial charge in [0.05, 0.1) is 6.26 Å². The lowest BCUT2D eigenvalue weighted by atomic mass is 9.75. The molecule has 0 saturated heterocycles. The van der Waals surface area contributed by atoms with Crippen molar-refractivity contribution in [3.8, 4) is 17.2 Å². The zero-order valence-electron chi connectivity index (χ0n) is 37.6. The first-order chi connectivity index (χ1) is 33.4. The summed E-state index contributed by atoms with van der Waals surface area (Å²) >= 11 is 7.02. The topological polar surface area (TPSA) is 194 Å². The van der Waals surface area contributed by atoms with Gasteiger partial charge in [-0.05, 0) is 118 Å². The van der Waals surface area contributed by atoms with Crippen molar-refractivity contribution in [2.75, 3.05) is 0 Å². The third-order valence-corrected chi connectivity index (χ3v) is 11.9. The van der Waals surface area contributed by atoms with Gasteiger partial charge in [0.2, 0.25) is 0 Å². The lowest BCUT2D eigenvalue weighted by Gasteiger charge is -2.34. The normalized spacial score (nSPS) is 11.9. The van der Waals surface area contributed by atoms with Crippen molar-refractivity contribution in [3.05, 3.63) is 182 Å². The summed E-state index contributed by atoms with van der Waals surface area (Å²) in [5.41, 5.74) is 9.54. The smallest absolute Gasteiger partial charge is 0.460 e. The molecule has 4 heterocycles. The highest BCUT2D eigenvalue weighted by Crippen LogP contribution is 2.48. The highest BCUT2D eigenvalue weighted by Gasteiger charge is 2.34. The van der Waals surface area contributed by atoms with Crippen molar-refractivity contribution in [2.45, 2.75) is 40.0 Å². The molecule has 1 aliphatic rings. The van der Waals surface area contributed by atoms with Crippen LogP contribution >= 0.6 is 31.9 Å². The SMILES string of the molecule is Cc1ccc2c(c1)C(C)(C)c1cc(Br)ccc1O2.Cc1ccc2oc3ccc(Br)cc3c2c1.Cc1ccc2oc3ccc(F)cc3c2c1.O=S(=O)(F)Oc1cc(F)cc2ccoc12.O=S(=O)=O.O=S(=O)=O. The molecule has 10 aromatic rings. The summed E-state index contributed by atoms with van der Waals surface area (Å²) in [7, 11) is -11.4. The van der Waals surface area contributed by atoms with Gasteiger partial charge in [0.1, 0.15) is 45.5 Å². The van der Waals surface area contributed by atoms with E-state index in [1.807, 2.05) is 55.5 Å². The molecule has 0 atom stereocenters. The Labute approximate surface area is 423 Å². The van der Waals surface area contributed by atoms with Crippen molar-refractivity contribution >= 4 is 118 Å². The van der Waals surface area contributed by atoms with E-state index in [0.29, 0.717) is 0 Å². The van der Waals surface area contributed by atoms with Crippen LogP contribution in [0.3, 0.4) is 0 Å². The van der Waals surface area contributed by atoms with Crippen molar-refractivity contribution in [3.63, 3.8) is 0 Å². The zero-order valence-corrected chi connectivity index (χ0v) is 43.2. The molecule has 71 heavy (non-hydrogen) atoms. The number of hydrogen-bond acceptors (Lipinski definition) is 13.